The molecule has 1 aromatic carbocycles. The number of hydrogen-bond acceptors (Lipinski definition) is 3. The molecule has 1 aromatic rings. The standard InChI is InChI=1S/C16H24N2O3/c1-12(2)18(11-16(20)21)10-15(19)17(4)9-14-7-5-13(3)6-8-14/h5-8,12H,9-11H2,1-4H3,(H,20,21). The van der Waals surface area contributed by atoms with Gasteiger partial charge in [0.15, 0.2) is 0 Å². The summed E-state index contributed by atoms with van der Waals surface area (Å²) in [5.74, 6) is -0.997. The van der Waals surface area contributed by atoms with E-state index in [0.29, 0.717) is 6.54 Å². The lowest BCUT2D eigenvalue weighted by molar-refractivity contribution is -0.140. The number of aryl methyl sites for hydroxylation is 1. The summed E-state index contributed by atoms with van der Waals surface area (Å²) in [7, 11) is 1.74. The topological polar surface area (TPSA) is 60.9 Å². The number of rotatable bonds is 7. The molecule has 0 aliphatic heterocycles. The van der Waals surface area contributed by atoms with Gasteiger partial charge in [0.05, 0.1) is 13.1 Å². The van der Waals surface area contributed by atoms with E-state index in [1.54, 1.807) is 16.8 Å². The molecule has 0 spiro atoms. The number of benzene rings is 1. The highest BCUT2D eigenvalue weighted by molar-refractivity contribution is 5.79. The number of nitrogens with zero attached hydrogens (tertiary/aromatic N) is 2. The molecule has 1 rings (SSSR count). The summed E-state index contributed by atoms with van der Waals surface area (Å²) in [6, 6.07) is 8.03. The fourth-order valence-electron chi connectivity index (χ4n) is 1.94. The maximum atomic E-state index is 12.2. The Bertz CT molecular complexity index is 483. The maximum absolute atomic E-state index is 12.2. The first kappa shape index (κ1) is 17.2. The van der Waals surface area contributed by atoms with Crippen molar-refractivity contribution in [3.05, 3.63) is 35.4 Å². The first-order valence-corrected chi connectivity index (χ1v) is 7.05. The number of hydrogen-bond donors (Lipinski definition) is 1. The van der Waals surface area contributed by atoms with Crippen molar-refractivity contribution in [2.75, 3.05) is 20.1 Å². The van der Waals surface area contributed by atoms with Gasteiger partial charge in [-0.05, 0) is 26.3 Å². The molecule has 5 heteroatoms. The van der Waals surface area contributed by atoms with Crippen molar-refractivity contribution in [1.29, 1.82) is 0 Å². The minimum absolute atomic E-state index is 0.0119. The molecule has 1 N–H and O–H groups in total. The maximum Gasteiger partial charge on any atom is 0.317 e. The van der Waals surface area contributed by atoms with Crippen molar-refractivity contribution in [2.24, 2.45) is 0 Å². The third-order valence-corrected chi connectivity index (χ3v) is 3.37. The summed E-state index contributed by atoms with van der Waals surface area (Å²) in [5.41, 5.74) is 2.24. The molecule has 0 atom stereocenters. The zero-order chi connectivity index (χ0) is 16.0. The van der Waals surface area contributed by atoms with Gasteiger partial charge < -0.3 is 10.0 Å². The Morgan fingerprint density at radius 2 is 1.71 bits per heavy atom. The van der Waals surface area contributed by atoms with Crippen molar-refractivity contribution in [1.82, 2.24) is 9.80 Å². The summed E-state index contributed by atoms with van der Waals surface area (Å²) in [6.07, 6.45) is 0. The minimum atomic E-state index is -0.919. The largest absolute Gasteiger partial charge is 0.480 e. The van der Waals surface area contributed by atoms with E-state index < -0.39 is 5.97 Å². The van der Waals surface area contributed by atoms with E-state index in [2.05, 4.69) is 0 Å². The number of aliphatic carboxylic acids is 1. The van der Waals surface area contributed by atoms with Crippen LogP contribution in [0.2, 0.25) is 0 Å². The average molecular weight is 292 g/mol. The Morgan fingerprint density at radius 3 is 2.19 bits per heavy atom. The Kier molecular flexibility index (Phi) is 6.37. The van der Waals surface area contributed by atoms with Crippen LogP contribution < -0.4 is 0 Å². The average Bonchev–Trinajstić information content (AvgIpc) is 2.39. The molecule has 0 aliphatic carbocycles. The highest BCUT2D eigenvalue weighted by Crippen LogP contribution is 2.07. The fraction of sp³-hybridized carbons (Fsp3) is 0.500. The summed E-state index contributed by atoms with van der Waals surface area (Å²) in [6.45, 7) is 6.31. The van der Waals surface area contributed by atoms with E-state index in [4.69, 9.17) is 5.11 Å². The summed E-state index contributed by atoms with van der Waals surface area (Å²) in [5, 5.41) is 8.88. The summed E-state index contributed by atoms with van der Waals surface area (Å²) in [4.78, 5) is 26.3. The number of carboxylic acid groups (broad SMARTS) is 1. The van der Waals surface area contributed by atoms with Crippen LogP contribution in [0.3, 0.4) is 0 Å². The van der Waals surface area contributed by atoms with Crippen LogP contribution in [0, 0.1) is 6.92 Å². The highest BCUT2D eigenvalue weighted by Gasteiger charge is 2.19. The molecule has 0 saturated heterocycles. The molecule has 1 amide bonds. The van der Waals surface area contributed by atoms with Gasteiger partial charge in [0.25, 0.3) is 0 Å². The van der Waals surface area contributed by atoms with Gasteiger partial charge in [0, 0.05) is 19.6 Å². The van der Waals surface area contributed by atoms with Crippen LogP contribution in [-0.4, -0.2) is 53.0 Å². The summed E-state index contributed by atoms with van der Waals surface area (Å²) < 4.78 is 0. The van der Waals surface area contributed by atoms with Gasteiger partial charge in [-0.1, -0.05) is 29.8 Å². The fourth-order valence-corrected chi connectivity index (χ4v) is 1.94. The van der Waals surface area contributed by atoms with Crippen LogP contribution in [0.25, 0.3) is 0 Å². The van der Waals surface area contributed by atoms with Gasteiger partial charge in [0.2, 0.25) is 5.91 Å². The number of amides is 1. The van der Waals surface area contributed by atoms with E-state index >= 15 is 0 Å². The third-order valence-electron chi connectivity index (χ3n) is 3.37. The van der Waals surface area contributed by atoms with Crippen LogP contribution in [0.15, 0.2) is 24.3 Å². The van der Waals surface area contributed by atoms with Crippen molar-refractivity contribution >= 4 is 11.9 Å². The quantitative estimate of drug-likeness (QED) is 0.831. The Morgan fingerprint density at radius 1 is 1.14 bits per heavy atom. The predicted molar refractivity (Wildman–Crippen MR) is 82.0 cm³/mol. The first-order chi connectivity index (χ1) is 9.79. The highest BCUT2D eigenvalue weighted by atomic mass is 16.4. The van der Waals surface area contributed by atoms with Gasteiger partial charge in [0.1, 0.15) is 0 Å². The van der Waals surface area contributed by atoms with E-state index in [0.717, 1.165) is 5.56 Å². The Balaban J connectivity index is 2.60. The lowest BCUT2D eigenvalue weighted by atomic mass is 10.1. The molecule has 21 heavy (non-hydrogen) atoms. The van der Waals surface area contributed by atoms with Gasteiger partial charge >= 0.3 is 5.97 Å². The molecule has 116 valence electrons. The van der Waals surface area contributed by atoms with Crippen LogP contribution in [0.1, 0.15) is 25.0 Å². The van der Waals surface area contributed by atoms with Gasteiger partial charge in [-0.15, -0.1) is 0 Å². The van der Waals surface area contributed by atoms with Crippen molar-refractivity contribution in [2.45, 2.75) is 33.4 Å². The molecule has 0 saturated carbocycles. The van der Waals surface area contributed by atoms with E-state index in [-0.39, 0.29) is 25.0 Å². The lowest BCUT2D eigenvalue weighted by Gasteiger charge is -2.26. The van der Waals surface area contributed by atoms with Crippen molar-refractivity contribution in [3.63, 3.8) is 0 Å². The molecule has 0 radical (unpaired) electrons. The zero-order valence-electron chi connectivity index (χ0n) is 13.2. The second-order valence-electron chi connectivity index (χ2n) is 5.63. The first-order valence-electron chi connectivity index (χ1n) is 7.05. The SMILES string of the molecule is Cc1ccc(CN(C)C(=O)CN(CC(=O)O)C(C)C)cc1. The molecule has 0 aliphatic rings. The van der Waals surface area contributed by atoms with Gasteiger partial charge in [-0.3, -0.25) is 14.5 Å². The Hall–Kier alpha value is -1.88. The van der Waals surface area contributed by atoms with Crippen molar-refractivity contribution in [3.8, 4) is 0 Å². The van der Waals surface area contributed by atoms with Crippen LogP contribution in [-0.2, 0) is 16.1 Å². The molecule has 0 aromatic heterocycles. The molecular formula is C16H24N2O3. The number of carbonyl (C=O) groups excluding carboxylic acids is 1. The van der Waals surface area contributed by atoms with E-state index in [1.807, 2.05) is 45.0 Å². The third kappa shape index (κ3) is 5.95. The van der Waals surface area contributed by atoms with E-state index in [1.165, 1.54) is 5.56 Å². The Labute approximate surface area is 126 Å². The minimum Gasteiger partial charge on any atom is -0.480 e. The normalized spacial score (nSPS) is 11.0. The van der Waals surface area contributed by atoms with Crippen LogP contribution in [0.5, 0.6) is 0 Å². The van der Waals surface area contributed by atoms with Crippen LogP contribution >= 0.6 is 0 Å². The monoisotopic (exact) mass is 292 g/mol. The number of carboxylic acids is 1. The second-order valence-corrected chi connectivity index (χ2v) is 5.63. The van der Waals surface area contributed by atoms with Crippen molar-refractivity contribution < 1.29 is 14.7 Å². The number of carbonyl (C=O) groups is 2. The van der Waals surface area contributed by atoms with E-state index in [9.17, 15) is 9.59 Å². The van der Waals surface area contributed by atoms with Gasteiger partial charge in [-0.25, -0.2) is 0 Å². The molecule has 0 bridgehead atoms. The molecule has 0 fully saturated rings. The van der Waals surface area contributed by atoms with Gasteiger partial charge in [-0.2, -0.15) is 0 Å². The zero-order valence-corrected chi connectivity index (χ0v) is 13.2. The predicted octanol–water partition coefficient (Wildman–Crippen LogP) is 1.75. The molecule has 5 nitrogen and oxygen atoms in total. The number of likely N-dealkylation sites (N-methyl/N-ethyl adjacent to an activating group) is 1. The van der Waals surface area contributed by atoms with Crippen LogP contribution in [0.4, 0.5) is 0 Å². The lowest BCUT2D eigenvalue weighted by Crippen LogP contribution is -2.43. The summed E-state index contributed by atoms with van der Waals surface area (Å²) >= 11 is 0. The smallest absolute Gasteiger partial charge is 0.317 e. The molecular weight excluding hydrogens is 268 g/mol. The molecule has 0 heterocycles. The second kappa shape index (κ2) is 7.78. The molecule has 0 unspecified atom stereocenters.